The van der Waals surface area contributed by atoms with E-state index in [-0.39, 0.29) is 30.5 Å². The van der Waals surface area contributed by atoms with E-state index in [2.05, 4.69) is 4.98 Å². The molecule has 2 heterocycles. The SMILES string of the molecule is CCOP(=O)(Cc1cc(-n2ccccc2=O)cnc1F)OCC. The summed E-state index contributed by atoms with van der Waals surface area (Å²) in [4.78, 5) is 15.5. The lowest BCUT2D eigenvalue weighted by atomic mass is 10.3. The van der Waals surface area contributed by atoms with Crippen molar-refractivity contribution in [3.63, 3.8) is 0 Å². The summed E-state index contributed by atoms with van der Waals surface area (Å²) in [5, 5.41) is 0. The van der Waals surface area contributed by atoms with Gasteiger partial charge in [0.1, 0.15) is 0 Å². The number of hydrogen-bond donors (Lipinski definition) is 0. The van der Waals surface area contributed by atoms with E-state index in [1.54, 1.807) is 32.2 Å². The van der Waals surface area contributed by atoms with Crippen LogP contribution in [0, 0.1) is 5.95 Å². The number of hydrogen-bond acceptors (Lipinski definition) is 5. The molecule has 6 nitrogen and oxygen atoms in total. The smallest absolute Gasteiger partial charge is 0.309 e. The molecular formula is C15H18FN2O4P. The van der Waals surface area contributed by atoms with Crippen molar-refractivity contribution in [2.45, 2.75) is 20.0 Å². The zero-order chi connectivity index (χ0) is 16.9. The van der Waals surface area contributed by atoms with Gasteiger partial charge in [-0.05, 0) is 26.0 Å². The van der Waals surface area contributed by atoms with E-state index in [1.165, 1.54) is 22.9 Å². The standard InChI is InChI=1S/C15H18FN2O4P/c1-3-21-23(20,22-4-2)11-12-9-13(10-17-15(12)16)18-8-6-5-7-14(18)19/h5-10H,3-4,11H2,1-2H3. The highest BCUT2D eigenvalue weighted by Gasteiger charge is 2.26. The van der Waals surface area contributed by atoms with Gasteiger partial charge >= 0.3 is 7.60 Å². The number of pyridine rings is 2. The van der Waals surface area contributed by atoms with Crippen LogP contribution in [-0.2, 0) is 19.8 Å². The highest BCUT2D eigenvalue weighted by atomic mass is 31.2. The van der Waals surface area contributed by atoms with Crippen LogP contribution in [0.1, 0.15) is 19.4 Å². The first kappa shape index (κ1) is 17.5. The molecule has 0 N–H and O–H groups in total. The van der Waals surface area contributed by atoms with E-state index < -0.39 is 13.5 Å². The maximum absolute atomic E-state index is 14.0. The molecule has 0 atom stereocenters. The van der Waals surface area contributed by atoms with Crippen LogP contribution < -0.4 is 5.56 Å². The minimum Gasteiger partial charge on any atom is -0.309 e. The Morgan fingerprint density at radius 2 is 1.96 bits per heavy atom. The normalized spacial score (nSPS) is 11.6. The summed E-state index contributed by atoms with van der Waals surface area (Å²) in [5.41, 5.74) is 0.180. The molecule has 0 aliphatic carbocycles. The van der Waals surface area contributed by atoms with Crippen LogP contribution in [0.2, 0.25) is 0 Å². The fraction of sp³-hybridized carbons (Fsp3) is 0.333. The van der Waals surface area contributed by atoms with Crippen LogP contribution in [-0.4, -0.2) is 22.8 Å². The van der Waals surface area contributed by atoms with Crippen LogP contribution in [0.15, 0.2) is 41.5 Å². The van der Waals surface area contributed by atoms with E-state index in [9.17, 15) is 13.8 Å². The lowest BCUT2D eigenvalue weighted by molar-refractivity contribution is 0.218. The zero-order valence-electron chi connectivity index (χ0n) is 12.9. The first-order chi connectivity index (χ1) is 11.0. The fourth-order valence-corrected chi connectivity index (χ4v) is 3.78. The minimum atomic E-state index is -3.46. The Morgan fingerprint density at radius 3 is 2.57 bits per heavy atom. The van der Waals surface area contributed by atoms with Crippen molar-refractivity contribution in [1.29, 1.82) is 0 Å². The molecular weight excluding hydrogens is 322 g/mol. The van der Waals surface area contributed by atoms with Gasteiger partial charge in [0.15, 0.2) is 0 Å². The average Bonchev–Trinajstić information content (AvgIpc) is 2.50. The van der Waals surface area contributed by atoms with Crippen LogP contribution >= 0.6 is 7.60 Å². The Kier molecular flexibility index (Phi) is 5.82. The van der Waals surface area contributed by atoms with Gasteiger partial charge in [-0.2, -0.15) is 4.39 Å². The van der Waals surface area contributed by atoms with Gasteiger partial charge in [-0.3, -0.25) is 13.9 Å². The second kappa shape index (κ2) is 7.64. The topological polar surface area (TPSA) is 70.4 Å². The fourth-order valence-electron chi connectivity index (χ4n) is 2.09. The van der Waals surface area contributed by atoms with Crippen molar-refractivity contribution < 1.29 is 18.0 Å². The average molecular weight is 340 g/mol. The highest BCUT2D eigenvalue weighted by molar-refractivity contribution is 7.53. The molecule has 8 heteroatoms. The summed E-state index contributed by atoms with van der Waals surface area (Å²) >= 11 is 0. The third-order valence-corrected chi connectivity index (χ3v) is 5.04. The molecule has 124 valence electrons. The molecule has 0 unspecified atom stereocenters. The Bertz CT molecular complexity index is 768. The van der Waals surface area contributed by atoms with E-state index in [4.69, 9.17) is 9.05 Å². The van der Waals surface area contributed by atoms with Crippen LogP contribution in [0.4, 0.5) is 4.39 Å². The Hall–Kier alpha value is -1.82. The molecule has 0 amide bonds. The van der Waals surface area contributed by atoms with Crippen molar-refractivity contribution in [3.05, 3.63) is 58.5 Å². The Balaban J connectivity index is 2.40. The molecule has 0 saturated carbocycles. The highest BCUT2D eigenvalue weighted by Crippen LogP contribution is 2.51. The van der Waals surface area contributed by atoms with Gasteiger partial charge in [-0.1, -0.05) is 6.07 Å². The van der Waals surface area contributed by atoms with Gasteiger partial charge in [-0.15, -0.1) is 0 Å². The Morgan fingerprint density at radius 1 is 1.26 bits per heavy atom. The van der Waals surface area contributed by atoms with Crippen LogP contribution in [0.3, 0.4) is 0 Å². The molecule has 0 radical (unpaired) electrons. The van der Waals surface area contributed by atoms with E-state index in [1.807, 2.05) is 0 Å². The minimum absolute atomic E-state index is 0.0727. The maximum atomic E-state index is 14.0. The summed E-state index contributed by atoms with van der Waals surface area (Å²) in [7, 11) is -3.46. The van der Waals surface area contributed by atoms with Crippen molar-refractivity contribution in [2.24, 2.45) is 0 Å². The van der Waals surface area contributed by atoms with Gasteiger partial charge in [0, 0.05) is 17.8 Å². The monoisotopic (exact) mass is 340 g/mol. The summed E-state index contributed by atoms with van der Waals surface area (Å²) in [5.74, 6) is -0.766. The first-order valence-corrected chi connectivity index (χ1v) is 8.92. The second-order valence-electron chi connectivity index (χ2n) is 4.66. The van der Waals surface area contributed by atoms with Crippen molar-refractivity contribution >= 4 is 7.60 Å². The first-order valence-electron chi connectivity index (χ1n) is 7.19. The van der Waals surface area contributed by atoms with Crippen LogP contribution in [0.5, 0.6) is 0 Å². The Labute approximate surface area is 133 Å². The van der Waals surface area contributed by atoms with Crippen molar-refractivity contribution in [2.75, 3.05) is 13.2 Å². The largest absolute Gasteiger partial charge is 0.335 e. The molecule has 2 aromatic rings. The number of nitrogens with zero attached hydrogens (tertiary/aromatic N) is 2. The molecule has 0 saturated heterocycles. The molecule has 2 aromatic heterocycles. The van der Waals surface area contributed by atoms with Gasteiger partial charge in [0.05, 0.1) is 31.3 Å². The summed E-state index contributed by atoms with van der Waals surface area (Å²) < 4.78 is 38.2. The predicted molar refractivity (Wildman–Crippen MR) is 84.4 cm³/mol. The molecule has 0 aliphatic rings. The molecule has 0 bridgehead atoms. The second-order valence-corrected chi connectivity index (χ2v) is 6.71. The summed E-state index contributed by atoms with van der Waals surface area (Å²) in [6.45, 7) is 3.73. The van der Waals surface area contributed by atoms with E-state index in [0.717, 1.165) is 0 Å². The quantitative estimate of drug-likeness (QED) is 0.572. The van der Waals surface area contributed by atoms with Gasteiger partial charge in [0.25, 0.3) is 5.56 Å². The molecule has 0 fully saturated rings. The predicted octanol–water partition coefficient (Wildman–Crippen LogP) is 3.14. The van der Waals surface area contributed by atoms with Crippen LogP contribution in [0.25, 0.3) is 5.69 Å². The lowest BCUT2D eigenvalue weighted by Gasteiger charge is -2.17. The number of rotatable bonds is 7. The number of aromatic nitrogens is 2. The summed E-state index contributed by atoms with van der Waals surface area (Å²) in [6, 6.07) is 6.09. The van der Waals surface area contributed by atoms with Crippen molar-refractivity contribution in [1.82, 2.24) is 9.55 Å². The maximum Gasteiger partial charge on any atom is 0.335 e. The van der Waals surface area contributed by atoms with Gasteiger partial charge in [0.2, 0.25) is 5.95 Å². The van der Waals surface area contributed by atoms with E-state index >= 15 is 0 Å². The molecule has 0 aliphatic heterocycles. The third kappa shape index (κ3) is 4.34. The lowest BCUT2D eigenvalue weighted by Crippen LogP contribution is -2.16. The number of halogens is 1. The molecule has 23 heavy (non-hydrogen) atoms. The van der Waals surface area contributed by atoms with Crippen molar-refractivity contribution in [3.8, 4) is 5.69 Å². The van der Waals surface area contributed by atoms with Gasteiger partial charge in [-0.25, -0.2) is 4.98 Å². The van der Waals surface area contributed by atoms with Gasteiger partial charge < -0.3 is 9.05 Å². The molecule has 0 spiro atoms. The summed E-state index contributed by atoms with van der Waals surface area (Å²) in [6.07, 6.45) is 2.54. The zero-order valence-corrected chi connectivity index (χ0v) is 13.8. The molecule has 0 aromatic carbocycles. The third-order valence-electron chi connectivity index (χ3n) is 3.01. The molecule has 2 rings (SSSR count). The van der Waals surface area contributed by atoms with E-state index in [0.29, 0.717) is 5.69 Å².